The number of amides is 1. The van der Waals surface area contributed by atoms with Crippen molar-refractivity contribution in [1.82, 2.24) is 9.88 Å². The maximum Gasteiger partial charge on any atom is 0.253 e. The Morgan fingerprint density at radius 3 is 2.65 bits per heavy atom. The van der Waals surface area contributed by atoms with Crippen LogP contribution < -0.4 is 0 Å². The molecule has 2 heterocycles. The Hall–Kier alpha value is -2.07. The first-order valence-corrected chi connectivity index (χ1v) is 8.65. The molecule has 0 unspecified atom stereocenters. The summed E-state index contributed by atoms with van der Waals surface area (Å²) in [7, 11) is 0. The third-order valence-corrected chi connectivity index (χ3v) is 5.02. The van der Waals surface area contributed by atoms with Gasteiger partial charge in [-0.1, -0.05) is 34.1 Å². The second-order valence-electron chi connectivity index (χ2n) is 5.93. The number of nitrogens with one attached hydrogen (secondary N) is 1. The first kappa shape index (κ1) is 14.5. The van der Waals surface area contributed by atoms with E-state index >= 15 is 0 Å². The molecule has 0 saturated heterocycles. The van der Waals surface area contributed by atoms with Crippen molar-refractivity contribution in [3.8, 4) is 0 Å². The summed E-state index contributed by atoms with van der Waals surface area (Å²) >= 11 is 3.55. The normalized spacial score (nSPS) is 14.6. The molecule has 1 aliphatic heterocycles. The molecule has 1 amide bonds. The Balaban J connectivity index is 1.62. The fourth-order valence-corrected chi connectivity index (χ4v) is 3.71. The molecule has 23 heavy (non-hydrogen) atoms. The van der Waals surface area contributed by atoms with Crippen LogP contribution in [-0.2, 0) is 12.8 Å². The van der Waals surface area contributed by atoms with Gasteiger partial charge in [-0.15, -0.1) is 0 Å². The fraction of sp³-hybridized carbons (Fsp3) is 0.211. The van der Waals surface area contributed by atoms with Gasteiger partial charge in [0.05, 0.1) is 0 Å². The van der Waals surface area contributed by atoms with Gasteiger partial charge >= 0.3 is 0 Å². The predicted octanol–water partition coefficient (Wildman–Crippen LogP) is 4.17. The Labute approximate surface area is 143 Å². The summed E-state index contributed by atoms with van der Waals surface area (Å²) in [5.41, 5.74) is 4.57. The number of aromatic amines is 1. The Kier molecular flexibility index (Phi) is 3.69. The van der Waals surface area contributed by atoms with Gasteiger partial charge in [0.15, 0.2) is 0 Å². The molecule has 0 atom stereocenters. The molecule has 4 heteroatoms. The van der Waals surface area contributed by atoms with Crippen molar-refractivity contribution in [2.24, 2.45) is 0 Å². The molecule has 1 aliphatic rings. The van der Waals surface area contributed by atoms with Crippen molar-refractivity contribution in [2.75, 3.05) is 13.1 Å². The molecule has 3 nitrogen and oxygen atoms in total. The minimum absolute atomic E-state index is 0.126. The van der Waals surface area contributed by atoms with E-state index in [4.69, 9.17) is 0 Å². The number of carbonyl (C=O) groups excluding carboxylic acids is 1. The maximum atomic E-state index is 12.7. The minimum atomic E-state index is 0.126. The van der Waals surface area contributed by atoms with Crippen LogP contribution in [-0.4, -0.2) is 28.9 Å². The first-order valence-electron chi connectivity index (χ1n) is 7.85. The maximum absolute atomic E-state index is 12.7. The number of fused-ring (bicyclic) bond motifs is 3. The van der Waals surface area contributed by atoms with E-state index in [1.807, 2.05) is 35.2 Å². The van der Waals surface area contributed by atoms with E-state index in [9.17, 15) is 4.79 Å². The van der Waals surface area contributed by atoms with Crippen LogP contribution in [0.5, 0.6) is 0 Å². The molecule has 4 rings (SSSR count). The molecule has 0 saturated carbocycles. The predicted molar refractivity (Wildman–Crippen MR) is 95.8 cm³/mol. The van der Waals surface area contributed by atoms with E-state index in [1.165, 1.54) is 22.2 Å². The van der Waals surface area contributed by atoms with Crippen LogP contribution >= 0.6 is 15.9 Å². The van der Waals surface area contributed by atoms with E-state index in [-0.39, 0.29) is 5.91 Å². The van der Waals surface area contributed by atoms with Crippen molar-refractivity contribution in [2.45, 2.75) is 12.8 Å². The molecule has 3 aromatic rings. The Morgan fingerprint density at radius 1 is 1.04 bits per heavy atom. The largest absolute Gasteiger partial charge is 0.358 e. The Morgan fingerprint density at radius 2 is 1.83 bits per heavy atom. The average Bonchev–Trinajstić information content (AvgIpc) is 2.78. The van der Waals surface area contributed by atoms with Gasteiger partial charge in [0.1, 0.15) is 0 Å². The van der Waals surface area contributed by atoms with E-state index in [2.05, 4.69) is 39.1 Å². The number of nitrogens with zero attached hydrogens (tertiary/aromatic N) is 1. The molecule has 1 N–H and O–H groups in total. The second-order valence-corrected chi connectivity index (χ2v) is 6.85. The van der Waals surface area contributed by atoms with Gasteiger partial charge < -0.3 is 9.88 Å². The average molecular weight is 369 g/mol. The van der Waals surface area contributed by atoms with E-state index in [0.29, 0.717) is 0 Å². The molecule has 0 fully saturated rings. The summed E-state index contributed by atoms with van der Waals surface area (Å²) in [6, 6.07) is 15.9. The third kappa shape index (κ3) is 2.68. The van der Waals surface area contributed by atoms with Gasteiger partial charge in [-0.25, -0.2) is 0 Å². The third-order valence-electron chi connectivity index (χ3n) is 4.53. The molecule has 1 aromatic heterocycles. The first-order chi connectivity index (χ1) is 11.2. The van der Waals surface area contributed by atoms with Crippen LogP contribution in [0.25, 0.3) is 10.9 Å². The van der Waals surface area contributed by atoms with E-state index in [1.54, 1.807) is 0 Å². The Bertz CT molecular complexity index is 870. The van der Waals surface area contributed by atoms with Gasteiger partial charge in [0.2, 0.25) is 0 Å². The van der Waals surface area contributed by atoms with E-state index < -0.39 is 0 Å². The molecule has 0 spiro atoms. The van der Waals surface area contributed by atoms with Crippen molar-refractivity contribution in [1.29, 1.82) is 0 Å². The molecule has 2 aromatic carbocycles. The number of halogens is 1. The van der Waals surface area contributed by atoms with Crippen LogP contribution in [0.15, 0.2) is 53.0 Å². The zero-order valence-electron chi connectivity index (χ0n) is 12.7. The van der Waals surface area contributed by atoms with Crippen LogP contribution in [0.2, 0.25) is 0 Å². The zero-order valence-corrected chi connectivity index (χ0v) is 14.3. The van der Waals surface area contributed by atoms with Gasteiger partial charge in [-0.2, -0.15) is 0 Å². The fourth-order valence-electron chi connectivity index (χ4n) is 3.35. The molecule has 116 valence electrons. The highest BCUT2D eigenvalue weighted by Gasteiger charge is 2.22. The number of carbonyl (C=O) groups is 1. The molecule has 0 radical (unpaired) electrons. The number of H-pyrrole nitrogens is 1. The number of benzene rings is 2. The number of hydrogen-bond donors (Lipinski definition) is 1. The van der Waals surface area contributed by atoms with Crippen LogP contribution in [0.1, 0.15) is 21.6 Å². The second kappa shape index (κ2) is 5.85. The summed E-state index contributed by atoms with van der Waals surface area (Å²) in [5.74, 6) is 0.126. The van der Waals surface area contributed by atoms with Gasteiger partial charge in [-0.05, 0) is 42.3 Å². The molecular formula is C19H17BrN2O. The van der Waals surface area contributed by atoms with Crippen LogP contribution in [0.3, 0.4) is 0 Å². The SMILES string of the molecule is O=C(c1ccccc1)N1CCc2[nH]c3ccc(Br)cc3c2CC1. The number of aromatic nitrogens is 1. The minimum Gasteiger partial charge on any atom is -0.358 e. The highest BCUT2D eigenvalue weighted by molar-refractivity contribution is 9.10. The van der Waals surface area contributed by atoms with E-state index in [0.717, 1.165) is 36.0 Å². The lowest BCUT2D eigenvalue weighted by molar-refractivity contribution is 0.0763. The standard InChI is InChI=1S/C19H17BrN2O/c20-14-6-7-17-16(12-14)15-8-10-22(11-9-18(15)21-17)19(23)13-4-2-1-3-5-13/h1-7,12,21H,8-11H2. The smallest absolute Gasteiger partial charge is 0.253 e. The van der Waals surface area contributed by atoms with Crippen LogP contribution in [0, 0.1) is 0 Å². The highest BCUT2D eigenvalue weighted by Crippen LogP contribution is 2.28. The van der Waals surface area contributed by atoms with Gasteiger partial charge in [-0.3, -0.25) is 4.79 Å². The van der Waals surface area contributed by atoms with Gasteiger partial charge in [0.25, 0.3) is 5.91 Å². The lowest BCUT2D eigenvalue weighted by Gasteiger charge is -2.20. The monoisotopic (exact) mass is 368 g/mol. The molecular weight excluding hydrogens is 352 g/mol. The summed E-state index contributed by atoms with van der Waals surface area (Å²) in [5, 5.41) is 1.27. The summed E-state index contributed by atoms with van der Waals surface area (Å²) in [6.45, 7) is 1.52. The van der Waals surface area contributed by atoms with Crippen molar-refractivity contribution in [3.63, 3.8) is 0 Å². The number of hydrogen-bond acceptors (Lipinski definition) is 1. The van der Waals surface area contributed by atoms with Crippen molar-refractivity contribution in [3.05, 3.63) is 69.8 Å². The lowest BCUT2D eigenvalue weighted by atomic mass is 10.1. The quantitative estimate of drug-likeness (QED) is 0.687. The molecule has 0 aliphatic carbocycles. The zero-order chi connectivity index (χ0) is 15.8. The van der Waals surface area contributed by atoms with Crippen molar-refractivity contribution < 1.29 is 4.79 Å². The summed E-state index contributed by atoms with van der Waals surface area (Å²) in [4.78, 5) is 18.1. The highest BCUT2D eigenvalue weighted by atomic mass is 79.9. The summed E-state index contributed by atoms with van der Waals surface area (Å²) in [6.07, 6.45) is 1.77. The van der Waals surface area contributed by atoms with Crippen molar-refractivity contribution >= 4 is 32.7 Å². The summed E-state index contributed by atoms with van der Waals surface area (Å²) < 4.78 is 1.09. The molecule has 0 bridgehead atoms. The van der Waals surface area contributed by atoms with Crippen LogP contribution in [0.4, 0.5) is 0 Å². The topological polar surface area (TPSA) is 36.1 Å². The van der Waals surface area contributed by atoms with Gasteiger partial charge in [0, 0.05) is 46.1 Å². The number of rotatable bonds is 1. The lowest BCUT2D eigenvalue weighted by Crippen LogP contribution is -2.33.